The normalized spacial score (nSPS) is 15.5. The number of ether oxygens (including phenoxy) is 1. The van der Waals surface area contributed by atoms with Crippen LogP contribution in [-0.2, 0) is 16.4 Å². The maximum Gasteiger partial charge on any atom is 0.264 e. The number of hydrogen-bond donors (Lipinski definition) is 1. The minimum absolute atomic E-state index is 0.00903. The molecule has 0 radical (unpaired) electrons. The van der Waals surface area contributed by atoms with Gasteiger partial charge in [-0.1, -0.05) is 24.3 Å². The summed E-state index contributed by atoms with van der Waals surface area (Å²) in [6.45, 7) is 0. The van der Waals surface area contributed by atoms with Gasteiger partial charge < -0.3 is 10.1 Å². The van der Waals surface area contributed by atoms with E-state index in [0.717, 1.165) is 19.3 Å². The van der Waals surface area contributed by atoms with E-state index in [2.05, 4.69) is 17.4 Å². The first-order valence-corrected chi connectivity index (χ1v) is 12.0. The molecule has 0 unspecified atom stereocenters. The Morgan fingerprint density at radius 3 is 2.38 bits per heavy atom. The molecule has 1 amide bonds. The van der Waals surface area contributed by atoms with Crippen LogP contribution in [0.2, 0.25) is 0 Å². The summed E-state index contributed by atoms with van der Waals surface area (Å²) in [6.07, 6.45) is 2.98. The molecule has 0 saturated heterocycles. The van der Waals surface area contributed by atoms with E-state index in [0.29, 0.717) is 17.0 Å². The number of carbonyl (C=O) groups excluding carboxylic acids is 1. The smallest absolute Gasteiger partial charge is 0.264 e. The van der Waals surface area contributed by atoms with Gasteiger partial charge in [0.1, 0.15) is 5.75 Å². The summed E-state index contributed by atoms with van der Waals surface area (Å²) in [4.78, 5) is 13.0. The van der Waals surface area contributed by atoms with Crippen LogP contribution in [0.5, 0.6) is 5.75 Å². The molecule has 3 aromatic rings. The lowest BCUT2D eigenvalue weighted by Gasteiger charge is -2.26. The minimum Gasteiger partial charge on any atom is -0.497 e. The quantitative estimate of drug-likeness (QED) is 0.607. The van der Waals surface area contributed by atoms with Gasteiger partial charge in [-0.25, -0.2) is 8.42 Å². The third-order valence-corrected chi connectivity index (χ3v) is 7.69. The number of nitrogens with zero attached hydrogens (tertiary/aromatic N) is 1. The van der Waals surface area contributed by atoms with E-state index in [1.54, 1.807) is 36.4 Å². The summed E-state index contributed by atoms with van der Waals surface area (Å²) in [6, 6.07) is 21.0. The fourth-order valence-corrected chi connectivity index (χ4v) is 5.21. The molecule has 0 fully saturated rings. The molecule has 0 aromatic heterocycles. The topological polar surface area (TPSA) is 75.7 Å². The van der Waals surface area contributed by atoms with Gasteiger partial charge in [-0.15, -0.1) is 0 Å². The van der Waals surface area contributed by atoms with Gasteiger partial charge in [-0.2, -0.15) is 0 Å². The minimum atomic E-state index is -3.73. The number of sulfonamides is 1. The van der Waals surface area contributed by atoms with Gasteiger partial charge in [-0.05, 0) is 78.9 Å². The van der Waals surface area contributed by atoms with Gasteiger partial charge in [0.15, 0.2) is 0 Å². The summed E-state index contributed by atoms with van der Waals surface area (Å²) in [5.41, 5.74) is 3.42. The molecule has 1 aliphatic rings. The number of aryl methyl sites for hydroxylation is 1. The van der Waals surface area contributed by atoms with E-state index in [1.807, 2.05) is 12.1 Å². The standard InChI is InChI=1S/C25H26N2O4S/c1-27(32(29,30)22-16-14-21(31-2)15-17-22)20-12-10-19(11-13-20)25(28)26-24-9-5-7-18-6-3-4-8-23(18)24/h3-4,6,8,10-17,24H,5,7,9H2,1-2H3,(H,26,28)/t24-/m1/s1. The van der Waals surface area contributed by atoms with Crippen LogP contribution >= 0.6 is 0 Å². The fraction of sp³-hybridized carbons (Fsp3) is 0.240. The third kappa shape index (κ3) is 4.34. The molecular weight excluding hydrogens is 424 g/mol. The zero-order chi connectivity index (χ0) is 22.7. The molecule has 32 heavy (non-hydrogen) atoms. The van der Waals surface area contributed by atoms with Crippen molar-refractivity contribution in [2.45, 2.75) is 30.2 Å². The molecule has 1 aliphatic carbocycles. The van der Waals surface area contributed by atoms with Crippen molar-refractivity contribution in [3.05, 3.63) is 89.5 Å². The summed E-state index contributed by atoms with van der Waals surface area (Å²) >= 11 is 0. The Morgan fingerprint density at radius 2 is 1.69 bits per heavy atom. The first-order valence-electron chi connectivity index (χ1n) is 10.5. The summed E-state index contributed by atoms with van der Waals surface area (Å²) < 4.78 is 32.2. The molecule has 0 heterocycles. The van der Waals surface area contributed by atoms with E-state index in [9.17, 15) is 13.2 Å². The summed E-state index contributed by atoms with van der Waals surface area (Å²) in [5, 5.41) is 3.12. The highest BCUT2D eigenvalue weighted by Crippen LogP contribution is 2.30. The van der Waals surface area contributed by atoms with Gasteiger partial charge >= 0.3 is 0 Å². The Labute approximate surface area is 188 Å². The highest BCUT2D eigenvalue weighted by Gasteiger charge is 2.23. The van der Waals surface area contributed by atoms with Gasteiger partial charge in [0.25, 0.3) is 15.9 Å². The molecule has 0 aliphatic heterocycles. The molecule has 1 atom stereocenters. The predicted molar refractivity (Wildman–Crippen MR) is 125 cm³/mol. The first kappa shape index (κ1) is 21.9. The average molecular weight is 451 g/mol. The van der Waals surface area contributed by atoms with E-state index in [-0.39, 0.29) is 16.8 Å². The number of anilines is 1. The lowest BCUT2D eigenvalue weighted by atomic mass is 9.87. The number of methoxy groups -OCH3 is 1. The fourth-order valence-electron chi connectivity index (χ4n) is 4.01. The molecular formula is C25H26N2O4S. The molecule has 3 aromatic carbocycles. The molecule has 6 nitrogen and oxygen atoms in total. The molecule has 0 bridgehead atoms. The van der Waals surface area contributed by atoms with Crippen LogP contribution in [-0.4, -0.2) is 28.5 Å². The largest absolute Gasteiger partial charge is 0.497 e. The Bertz CT molecular complexity index is 1210. The van der Waals surface area contributed by atoms with E-state index >= 15 is 0 Å². The van der Waals surface area contributed by atoms with Gasteiger partial charge in [0.05, 0.1) is 23.7 Å². The zero-order valence-corrected chi connectivity index (χ0v) is 18.9. The van der Waals surface area contributed by atoms with Crippen molar-refractivity contribution in [1.82, 2.24) is 5.32 Å². The molecule has 166 valence electrons. The number of nitrogens with one attached hydrogen (secondary N) is 1. The van der Waals surface area contributed by atoms with Gasteiger partial charge in [0.2, 0.25) is 0 Å². The van der Waals surface area contributed by atoms with Crippen LogP contribution in [0.3, 0.4) is 0 Å². The number of fused-ring (bicyclic) bond motifs is 1. The number of carbonyl (C=O) groups is 1. The molecule has 4 rings (SSSR count). The molecule has 1 N–H and O–H groups in total. The van der Waals surface area contributed by atoms with Crippen LogP contribution in [0.1, 0.15) is 40.4 Å². The van der Waals surface area contributed by atoms with Crippen LogP contribution in [0.25, 0.3) is 0 Å². The first-order chi connectivity index (χ1) is 15.4. The number of hydrogen-bond acceptors (Lipinski definition) is 4. The van der Waals surface area contributed by atoms with E-state index < -0.39 is 10.0 Å². The van der Waals surface area contributed by atoms with Crippen molar-refractivity contribution >= 4 is 21.6 Å². The molecule has 0 saturated carbocycles. The second kappa shape index (κ2) is 9.04. The highest BCUT2D eigenvalue weighted by molar-refractivity contribution is 7.92. The van der Waals surface area contributed by atoms with Gasteiger partial charge in [-0.3, -0.25) is 9.10 Å². The molecule has 0 spiro atoms. The highest BCUT2D eigenvalue weighted by atomic mass is 32.2. The maximum atomic E-state index is 12.9. The SMILES string of the molecule is COc1ccc(S(=O)(=O)N(C)c2ccc(C(=O)N[C@@H]3CCCc4ccccc43)cc2)cc1. The Morgan fingerprint density at radius 1 is 1.00 bits per heavy atom. The average Bonchev–Trinajstić information content (AvgIpc) is 2.84. The van der Waals surface area contributed by atoms with Crippen LogP contribution in [0.15, 0.2) is 77.7 Å². The Balaban J connectivity index is 1.48. The van der Waals surface area contributed by atoms with Crippen molar-refractivity contribution in [1.29, 1.82) is 0 Å². The van der Waals surface area contributed by atoms with Crippen molar-refractivity contribution in [2.24, 2.45) is 0 Å². The maximum absolute atomic E-state index is 12.9. The van der Waals surface area contributed by atoms with E-state index in [4.69, 9.17) is 4.74 Å². The lowest BCUT2D eigenvalue weighted by Crippen LogP contribution is -2.31. The second-order valence-electron chi connectivity index (χ2n) is 7.81. The van der Waals surface area contributed by atoms with Crippen molar-refractivity contribution in [2.75, 3.05) is 18.5 Å². The lowest BCUT2D eigenvalue weighted by molar-refractivity contribution is 0.0932. The van der Waals surface area contributed by atoms with Gasteiger partial charge in [0, 0.05) is 12.6 Å². The van der Waals surface area contributed by atoms with Crippen LogP contribution < -0.4 is 14.4 Å². The van der Waals surface area contributed by atoms with Crippen LogP contribution in [0, 0.1) is 0 Å². The van der Waals surface area contributed by atoms with E-state index in [1.165, 1.54) is 41.7 Å². The predicted octanol–water partition coefficient (Wildman–Crippen LogP) is 4.33. The Hall–Kier alpha value is -3.32. The number of benzene rings is 3. The zero-order valence-electron chi connectivity index (χ0n) is 18.1. The second-order valence-corrected chi connectivity index (χ2v) is 9.78. The summed E-state index contributed by atoms with van der Waals surface area (Å²) in [5.74, 6) is 0.418. The van der Waals surface area contributed by atoms with Crippen molar-refractivity contribution < 1.29 is 17.9 Å². The summed E-state index contributed by atoms with van der Waals surface area (Å²) in [7, 11) is -0.707. The third-order valence-electron chi connectivity index (χ3n) is 5.89. The molecule has 7 heteroatoms. The Kier molecular flexibility index (Phi) is 6.19. The van der Waals surface area contributed by atoms with Crippen LogP contribution in [0.4, 0.5) is 5.69 Å². The van der Waals surface area contributed by atoms with Crippen molar-refractivity contribution in [3.8, 4) is 5.75 Å². The van der Waals surface area contributed by atoms with Crippen molar-refractivity contribution in [3.63, 3.8) is 0 Å². The number of amides is 1. The number of rotatable bonds is 6. The monoisotopic (exact) mass is 450 g/mol.